The number of esters is 2. The first-order valence-corrected chi connectivity index (χ1v) is 9.60. The van der Waals surface area contributed by atoms with Crippen LogP contribution in [0.3, 0.4) is 0 Å². The van der Waals surface area contributed by atoms with Gasteiger partial charge in [-0.1, -0.05) is 26.0 Å². The lowest BCUT2D eigenvalue weighted by Crippen LogP contribution is -2.16. The number of alkyl halides is 3. The number of ether oxygens (including phenoxy) is 3. The van der Waals surface area contributed by atoms with E-state index in [-0.39, 0.29) is 17.4 Å². The summed E-state index contributed by atoms with van der Waals surface area (Å²) in [6.45, 7) is 5.77. The van der Waals surface area contributed by atoms with Gasteiger partial charge >= 0.3 is 18.1 Å². The lowest BCUT2D eigenvalue weighted by Gasteiger charge is -2.19. The molecule has 0 aliphatic carbocycles. The van der Waals surface area contributed by atoms with E-state index in [0.29, 0.717) is 5.75 Å². The van der Waals surface area contributed by atoms with Crippen molar-refractivity contribution < 1.29 is 37.0 Å². The summed E-state index contributed by atoms with van der Waals surface area (Å²) < 4.78 is 55.1. The first-order valence-electron chi connectivity index (χ1n) is 9.60. The zero-order chi connectivity index (χ0) is 24.1. The van der Waals surface area contributed by atoms with E-state index in [9.17, 15) is 22.8 Å². The third-order valence-corrected chi connectivity index (χ3v) is 4.46. The minimum Gasteiger partial charge on any atom is -0.466 e. The average molecular weight is 451 g/mol. The largest absolute Gasteiger partial charge is 0.466 e. The lowest BCUT2D eigenvalue weighted by atomic mass is 10.0. The van der Waals surface area contributed by atoms with E-state index >= 15 is 0 Å². The molecule has 0 heterocycles. The SMILES string of the molecule is COC(=O)/C=C(/Nc1cc(C(F)(F)F)ccc1Oc1cc(C)ccc1C(C)C)C(=O)OC. The highest BCUT2D eigenvalue weighted by atomic mass is 19.4. The number of hydrogen-bond acceptors (Lipinski definition) is 6. The summed E-state index contributed by atoms with van der Waals surface area (Å²) in [6, 6.07) is 8.35. The van der Waals surface area contributed by atoms with Crippen molar-refractivity contribution in [2.75, 3.05) is 19.5 Å². The highest BCUT2D eigenvalue weighted by Crippen LogP contribution is 2.39. The van der Waals surface area contributed by atoms with Gasteiger partial charge in [-0.15, -0.1) is 0 Å². The Morgan fingerprint density at radius 3 is 2.25 bits per heavy atom. The molecule has 0 bridgehead atoms. The number of methoxy groups -OCH3 is 2. The molecule has 0 fully saturated rings. The summed E-state index contributed by atoms with van der Waals surface area (Å²) in [5.74, 6) is -1.31. The fourth-order valence-electron chi connectivity index (χ4n) is 2.80. The number of hydrogen-bond donors (Lipinski definition) is 1. The Hall–Kier alpha value is -3.49. The maximum absolute atomic E-state index is 13.3. The van der Waals surface area contributed by atoms with E-state index < -0.39 is 29.4 Å². The van der Waals surface area contributed by atoms with Gasteiger partial charge in [0.05, 0.1) is 31.5 Å². The molecule has 0 saturated carbocycles. The Bertz CT molecular complexity index is 1030. The molecule has 0 spiro atoms. The molecule has 0 saturated heterocycles. The van der Waals surface area contributed by atoms with Crippen molar-refractivity contribution in [2.24, 2.45) is 0 Å². The van der Waals surface area contributed by atoms with Gasteiger partial charge in [-0.05, 0) is 48.2 Å². The minimum atomic E-state index is -4.64. The van der Waals surface area contributed by atoms with Crippen LogP contribution in [0.15, 0.2) is 48.2 Å². The number of rotatable bonds is 7. The minimum absolute atomic E-state index is 0.0187. The van der Waals surface area contributed by atoms with Crippen molar-refractivity contribution in [3.63, 3.8) is 0 Å². The Morgan fingerprint density at radius 2 is 1.69 bits per heavy atom. The second-order valence-electron chi connectivity index (χ2n) is 7.20. The molecule has 0 unspecified atom stereocenters. The van der Waals surface area contributed by atoms with Gasteiger partial charge in [0.25, 0.3) is 0 Å². The maximum Gasteiger partial charge on any atom is 0.416 e. The van der Waals surface area contributed by atoms with Crippen LogP contribution in [0.2, 0.25) is 0 Å². The molecule has 1 N–H and O–H groups in total. The molecule has 2 rings (SSSR count). The fourth-order valence-corrected chi connectivity index (χ4v) is 2.80. The second-order valence-corrected chi connectivity index (χ2v) is 7.20. The summed E-state index contributed by atoms with van der Waals surface area (Å²) in [6.07, 6.45) is -3.86. The van der Waals surface area contributed by atoms with Crippen molar-refractivity contribution in [1.82, 2.24) is 0 Å². The molecule has 0 atom stereocenters. The molecule has 0 radical (unpaired) electrons. The predicted octanol–water partition coefficient (Wildman–Crippen LogP) is 5.57. The Balaban J connectivity index is 2.60. The maximum atomic E-state index is 13.3. The normalized spacial score (nSPS) is 11.8. The van der Waals surface area contributed by atoms with Gasteiger partial charge in [-0.3, -0.25) is 0 Å². The Morgan fingerprint density at radius 1 is 1.00 bits per heavy atom. The Labute approximate surface area is 184 Å². The van der Waals surface area contributed by atoms with Crippen molar-refractivity contribution in [1.29, 1.82) is 0 Å². The van der Waals surface area contributed by atoms with Crippen LogP contribution in [-0.4, -0.2) is 26.2 Å². The number of carbonyl (C=O) groups is 2. The van der Waals surface area contributed by atoms with Crippen molar-refractivity contribution in [3.8, 4) is 11.5 Å². The zero-order valence-corrected chi connectivity index (χ0v) is 18.3. The smallest absolute Gasteiger partial charge is 0.416 e. The van der Waals surface area contributed by atoms with Gasteiger partial charge in [-0.2, -0.15) is 13.2 Å². The van der Waals surface area contributed by atoms with E-state index in [2.05, 4.69) is 14.8 Å². The molecule has 0 aliphatic heterocycles. The van der Waals surface area contributed by atoms with Crippen LogP contribution in [0.25, 0.3) is 0 Å². The molecular weight excluding hydrogens is 427 g/mol. The van der Waals surface area contributed by atoms with Crippen LogP contribution >= 0.6 is 0 Å². The molecule has 0 amide bonds. The number of halogens is 3. The van der Waals surface area contributed by atoms with Crippen molar-refractivity contribution in [2.45, 2.75) is 32.9 Å². The predicted molar refractivity (Wildman–Crippen MR) is 113 cm³/mol. The van der Waals surface area contributed by atoms with Gasteiger partial charge in [0.1, 0.15) is 11.4 Å². The van der Waals surface area contributed by atoms with Gasteiger partial charge in [0, 0.05) is 0 Å². The number of nitrogens with one attached hydrogen (secondary N) is 1. The third kappa shape index (κ3) is 6.26. The van der Waals surface area contributed by atoms with E-state index in [1.54, 1.807) is 6.07 Å². The van der Waals surface area contributed by atoms with Crippen LogP contribution < -0.4 is 10.1 Å². The monoisotopic (exact) mass is 451 g/mol. The van der Waals surface area contributed by atoms with Crippen molar-refractivity contribution in [3.05, 3.63) is 64.9 Å². The van der Waals surface area contributed by atoms with Gasteiger partial charge in [0.15, 0.2) is 5.75 Å². The topological polar surface area (TPSA) is 73.9 Å². The number of aryl methyl sites for hydroxylation is 1. The van der Waals surface area contributed by atoms with E-state index in [0.717, 1.165) is 49.6 Å². The lowest BCUT2D eigenvalue weighted by molar-refractivity contribution is -0.138. The van der Waals surface area contributed by atoms with Gasteiger partial charge in [0.2, 0.25) is 0 Å². The van der Waals surface area contributed by atoms with Gasteiger partial charge < -0.3 is 19.5 Å². The van der Waals surface area contributed by atoms with Crippen LogP contribution in [0.5, 0.6) is 11.5 Å². The first-order chi connectivity index (χ1) is 15.0. The summed E-state index contributed by atoms with van der Waals surface area (Å²) >= 11 is 0. The molecule has 32 heavy (non-hydrogen) atoms. The zero-order valence-electron chi connectivity index (χ0n) is 18.3. The molecule has 172 valence electrons. The van der Waals surface area contributed by atoms with E-state index in [4.69, 9.17) is 4.74 Å². The summed E-state index contributed by atoms with van der Waals surface area (Å²) in [5, 5.41) is 2.52. The number of anilines is 1. The third-order valence-electron chi connectivity index (χ3n) is 4.46. The standard InChI is InChI=1S/C23H24F3NO5/c1-13(2)16-8-6-14(3)10-20(16)32-19-9-7-15(23(24,25)26)11-17(19)27-18(22(29)31-5)12-21(28)30-4/h6-13,27H,1-5H3/b18-12+. The van der Waals surface area contributed by atoms with E-state index in [1.807, 2.05) is 32.9 Å². The molecule has 0 aromatic heterocycles. The summed E-state index contributed by atoms with van der Waals surface area (Å²) in [5.41, 5.74) is 0.169. The van der Waals surface area contributed by atoms with Crippen LogP contribution in [-0.2, 0) is 25.2 Å². The summed E-state index contributed by atoms with van der Waals surface area (Å²) in [4.78, 5) is 23.7. The second kappa shape index (κ2) is 10.2. The van der Waals surface area contributed by atoms with E-state index in [1.165, 1.54) is 0 Å². The number of benzene rings is 2. The highest BCUT2D eigenvalue weighted by molar-refractivity contribution is 5.99. The Kier molecular flexibility index (Phi) is 7.91. The molecule has 0 aliphatic rings. The molecule has 6 nitrogen and oxygen atoms in total. The average Bonchev–Trinajstić information content (AvgIpc) is 2.72. The first kappa shape index (κ1) is 24.8. The quantitative estimate of drug-likeness (QED) is 0.438. The van der Waals surface area contributed by atoms with Crippen LogP contribution in [0.1, 0.15) is 36.5 Å². The molecular formula is C23H24F3NO5. The van der Waals surface area contributed by atoms with Crippen LogP contribution in [0, 0.1) is 6.92 Å². The van der Waals surface area contributed by atoms with Crippen molar-refractivity contribution >= 4 is 17.6 Å². The molecule has 2 aromatic carbocycles. The number of carbonyl (C=O) groups excluding carboxylic acids is 2. The molecule has 2 aromatic rings. The fraction of sp³-hybridized carbons (Fsp3) is 0.304. The van der Waals surface area contributed by atoms with Crippen LogP contribution in [0.4, 0.5) is 18.9 Å². The highest BCUT2D eigenvalue weighted by Gasteiger charge is 2.32. The molecule has 9 heteroatoms. The summed E-state index contributed by atoms with van der Waals surface area (Å²) in [7, 11) is 2.16. The van der Waals surface area contributed by atoms with Gasteiger partial charge in [-0.25, -0.2) is 9.59 Å².